The molecule has 1 aliphatic heterocycles. The van der Waals surface area contributed by atoms with Crippen LogP contribution in [0.3, 0.4) is 0 Å². The van der Waals surface area contributed by atoms with Crippen molar-refractivity contribution < 1.29 is 4.74 Å². The number of rotatable bonds is 7. The summed E-state index contributed by atoms with van der Waals surface area (Å²) in [5.41, 5.74) is 1.43. The summed E-state index contributed by atoms with van der Waals surface area (Å²) in [6, 6.07) is 9.27. The molecule has 0 aromatic heterocycles. The summed E-state index contributed by atoms with van der Waals surface area (Å²) in [5, 5.41) is 3.45. The van der Waals surface area contributed by atoms with Crippen molar-refractivity contribution in [1.29, 1.82) is 0 Å². The molecule has 0 radical (unpaired) electrons. The first-order valence-electron chi connectivity index (χ1n) is 8.38. The summed E-state index contributed by atoms with van der Waals surface area (Å²) in [6.45, 7) is 11.9. The standard InChI is InChI=1S/C18H30N2O/c1-4-21-17-8-6-16(7-9-17)18(10-5-15(2)3)20-13-11-19-12-14-20/h6-9,15,18-19H,4-5,10-14H2,1-3H3/t18-/m1/s1. The Labute approximate surface area is 129 Å². The molecule has 1 aromatic carbocycles. The number of nitrogens with zero attached hydrogens (tertiary/aromatic N) is 1. The minimum atomic E-state index is 0.546. The largest absolute Gasteiger partial charge is 0.494 e. The number of hydrogen-bond acceptors (Lipinski definition) is 3. The van der Waals surface area contributed by atoms with Gasteiger partial charge in [0.1, 0.15) is 5.75 Å². The summed E-state index contributed by atoms with van der Waals surface area (Å²) in [6.07, 6.45) is 2.52. The second-order valence-electron chi connectivity index (χ2n) is 6.28. The molecule has 1 aromatic rings. The van der Waals surface area contributed by atoms with Crippen molar-refractivity contribution in [3.8, 4) is 5.75 Å². The normalized spacial score (nSPS) is 17.9. The molecule has 21 heavy (non-hydrogen) atoms. The molecule has 1 fully saturated rings. The molecule has 0 saturated carbocycles. The van der Waals surface area contributed by atoms with E-state index in [0.29, 0.717) is 6.04 Å². The Hall–Kier alpha value is -1.06. The fourth-order valence-electron chi connectivity index (χ4n) is 3.00. The Kier molecular flexibility index (Phi) is 6.52. The van der Waals surface area contributed by atoms with Crippen LogP contribution in [0.5, 0.6) is 5.75 Å². The zero-order valence-corrected chi connectivity index (χ0v) is 13.8. The zero-order chi connectivity index (χ0) is 15.1. The number of ether oxygens (including phenoxy) is 1. The zero-order valence-electron chi connectivity index (χ0n) is 13.8. The van der Waals surface area contributed by atoms with Gasteiger partial charge in [-0.15, -0.1) is 0 Å². The van der Waals surface area contributed by atoms with E-state index in [1.165, 1.54) is 18.4 Å². The van der Waals surface area contributed by atoms with E-state index >= 15 is 0 Å². The molecule has 1 atom stereocenters. The van der Waals surface area contributed by atoms with E-state index in [2.05, 4.69) is 48.3 Å². The van der Waals surface area contributed by atoms with Crippen LogP contribution in [0.2, 0.25) is 0 Å². The van der Waals surface area contributed by atoms with Crippen LogP contribution in [0.25, 0.3) is 0 Å². The van der Waals surface area contributed by atoms with Gasteiger partial charge in [0.05, 0.1) is 6.61 Å². The van der Waals surface area contributed by atoms with Crippen LogP contribution < -0.4 is 10.1 Å². The number of piperazine rings is 1. The summed E-state index contributed by atoms with van der Waals surface area (Å²) in [4.78, 5) is 2.63. The molecule has 0 unspecified atom stereocenters. The minimum Gasteiger partial charge on any atom is -0.494 e. The molecular formula is C18H30N2O. The highest BCUT2D eigenvalue weighted by Gasteiger charge is 2.22. The molecule has 1 N–H and O–H groups in total. The smallest absolute Gasteiger partial charge is 0.119 e. The lowest BCUT2D eigenvalue weighted by atomic mass is 9.95. The van der Waals surface area contributed by atoms with Gasteiger partial charge >= 0.3 is 0 Å². The van der Waals surface area contributed by atoms with Crippen LogP contribution >= 0.6 is 0 Å². The molecule has 118 valence electrons. The van der Waals surface area contributed by atoms with E-state index in [4.69, 9.17) is 4.74 Å². The Bertz CT molecular complexity index is 396. The predicted molar refractivity (Wildman–Crippen MR) is 88.9 cm³/mol. The minimum absolute atomic E-state index is 0.546. The Morgan fingerprint density at radius 1 is 1.10 bits per heavy atom. The van der Waals surface area contributed by atoms with E-state index < -0.39 is 0 Å². The molecular weight excluding hydrogens is 260 g/mol. The van der Waals surface area contributed by atoms with Crippen LogP contribution in [0.15, 0.2) is 24.3 Å². The van der Waals surface area contributed by atoms with Crippen LogP contribution in [-0.4, -0.2) is 37.7 Å². The van der Waals surface area contributed by atoms with Crippen molar-refractivity contribution in [3.63, 3.8) is 0 Å². The number of hydrogen-bond donors (Lipinski definition) is 1. The van der Waals surface area contributed by atoms with Crippen molar-refractivity contribution in [2.75, 3.05) is 32.8 Å². The average molecular weight is 290 g/mol. The molecule has 0 spiro atoms. The molecule has 3 nitrogen and oxygen atoms in total. The molecule has 1 heterocycles. The number of nitrogens with one attached hydrogen (secondary N) is 1. The third-order valence-electron chi connectivity index (χ3n) is 4.19. The first kappa shape index (κ1) is 16.3. The van der Waals surface area contributed by atoms with E-state index in [0.717, 1.165) is 44.5 Å². The third kappa shape index (κ3) is 5.01. The van der Waals surface area contributed by atoms with E-state index in [-0.39, 0.29) is 0 Å². The van der Waals surface area contributed by atoms with Crippen LogP contribution in [0.1, 0.15) is 45.2 Å². The number of benzene rings is 1. The van der Waals surface area contributed by atoms with Gasteiger partial charge in [-0.05, 0) is 43.4 Å². The highest BCUT2D eigenvalue weighted by Crippen LogP contribution is 2.29. The van der Waals surface area contributed by atoms with E-state index in [9.17, 15) is 0 Å². The van der Waals surface area contributed by atoms with Crippen molar-refractivity contribution in [2.45, 2.75) is 39.7 Å². The van der Waals surface area contributed by atoms with Crippen molar-refractivity contribution in [1.82, 2.24) is 10.2 Å². The first-order chi connectivity index (χ1) is 10.2. The van der Waals surface area contributed by atoms with Gasteiger partial charge in [-0.3, -0.25) is 4.90 Å². The van der Waals surface area contributed by atoms with Gasteiger partial charge in [-0.25, -0.2) is 0 Å². The van der Waals surface area contributed by atoms with Crippen molar-refractivity contribution in [2.24, 2.45) is 5.92 Å². The van der Waals surface area contributed by atoms with Crippen LogP contribution in [-0.2, 0) is 0 Å². The van der Waals surface area contributed by atoms with Crippen LogP contribution in [0.4, 0.5) is 0 Å². The van der Waals surface area contributed by atoms with Gasteiger partial charge in [-0.2, -0.15) is 0 Å². The Morgan fingerprint density at radius 3 is 2.33 bits per heavy atom. The van der Waals surface area contributed by atoms with E-state index in [1.807, 2.05) is 6.92 Å². The maximum Gasteiger partial charge on any atom is 0.119 e. The lowest BCUT2D eigenvalue weighted by molar-refractivity contribution is 0.159. The van der Waals surface area contributed by atoms with Gasteiger partial charge in [0.25, 0.3) is 0 Å². The Balaban J connectivity index is 2.08. The average Bonchev–Trinajstić information content (AvgIpc) is 2.50. The molecule has 0 aliphatic carbocycles. The molecule has 3 heteroatoms. The van der Waals surface area contributed by atoms with Crippen molar-refractivity contribution >= 4 is 0 Å². The quantitative estimate of drug-likeness (QED) is 0.832. The van der Waals surface area contributed by atoms with Gasteiger partial charge in [-0.1, -0.05) is 26.0 Å². The van der Waals surface area contributed by atoms with Gasteiger partial charge in [0, 0.05) is 32.2 Å². The van der Waals surface area contributed by atoms with Crippen LogP contribution in [0, 0.1) is 5.92 Å². The summed E-state index contributed by atoms with van der Waals surface area (Å²) < 4.78 is 5.56. The predicted octanol–water partition coefficient (Wildman–Crippen LogP) is 3.47. The second kappa shape index (κ2) is 8.40. The maximum atomic E-state index is 5.56. The van der Waals surface area contributed by atoms with Gasteiger partial charge < -0.3 is 10.1 Å². The molecule has 1 aliphatic rings. The third-order valence-corrected chi connectivity index (χ3v) is 4.19. The highest BCUT2D eigenvalue weighted by molar-refractivity contribution is 5.29. The topological polar surface area (TPSA) is 24.5 Å². The molecule has 0 bridgehead atoms. The van der Waals surface area contributed by atoms with Gasteiger partial charge in [0.15, 0.2) is 0 Å². The van der Waals surface area contributed by atoms with E-state index in [1.54, 1.807) is 0 Å². The maximum absolute atomic E-state index is 5.56. The lowest BCUT2D eigenvalue weighted by Crippen LogP contribution is -2.45. The molecule has 1 saturated heterocycles. The fraction of sp³-hybridized carbons (Fsp3) is 0.667. The fourth-order valence-corrected chi connectivity index (χ4v) is 3.00. The van der Waals surface area contributed by atoms with Crippen molar-refractivity contribution in [3.05, 3.63) is 29.8 Å². The summed E-state index contributed by atoms with van der Waals surface area (Å²) >= 11 is 0. The second-order valence-corrected chi connectivity index (χ2v) is 6.28. The summed E-state index contributed by atoms with van der Waals surface area (Å²) in [7, 11) is 0. The highest BCUT2D eigenvalue weighted by atomic mass is 16.5. The molecule has 2 rings (SSSR count). The lowest BCUT2D eigenvalue weighted by Gasteiger charge is -2.35. The monoisotopic (exact) mass is 290 g/mol. The molecule has 0 amide bonds. The SMILES string of the molecule is CCOc1ccc([C@@H](CCC(C)C)N2CCNCC2)cc1. The summed E-state index contributed by atoms with van der Waals surface area (Å²) in [5.74, 6) is 1.74. The Morgan fingerprint density at radius 2 is 1.76 bits per heavy atom. The first-order valence-corrected chi connectivity index (χ1v) is 8.38. The van der Waals surface area contributed by atoms with Gasteiger partial charge in [0.2, 0.25) is 0 Å².